The largest absolute Gasteiger partial charge is 0.394 e. The van der Waals surface area contributed by atoms with Crippen molar-refractivity contribution in [1.29, 1.82) is 0 Å². The van der Waals surface area contributed by atoms with Crippen molar-refractivity contribution in [1.82, 2.24) is 5.32 Å². The number of ether oxygens (including phenoxy) is 1. The highest BCUT2D eigenvalue weighted by atomic mass is 16.5. The smallest absolute Gasteiger partial charge is 0.0988 e. The van der Waals surface area contributed by atoms with E-state index in [2.05, 4.69) is 48.3 Å². The van der Waals surface area contributed by atoms with Gasteiger partial charge in [-0.25, -0.2) is 0 Å². The van der Waals surface area contributed by atoms with Gasteiger partial charge in [0.05, 0.1) is 18.3 Å². The minimum absolute atomic E-state index is 0.0636. The fourth-order valence-electron chi connectivity index (χ4n) is 2.73. The number of hydrogen-bond donors (Lipinski definition) is 2. The number of aliphatic hydroxyl groups is 1. The summed E-state index contributed by atoms with van der Waals surface area (Å²) in [7, 11) is 1.95. The van der Waals surface area contributed by atoms with Crippen molar-refractivity contribution in [2.45, 2.75) is 32.1 Å². The van der Waals surface area contributed by atoms with Crippen molar-refractivity contribution in [2.75, 3.05) is 31.6 Å². The molecule has 1 saturated heterocycles. The third-order valence-corrected chi connectivity index (χ3v) is 3.38. The third-order valence-electron chi connectivity index (χ3n) is 3.38. The Kier molecular flexibility index (Phi) is 4.45. The van der Waals surface area contributed by atoms with Crippen LogP contribution < -0.4 is 10.2 Å². The predicted molar refractivity (Wildman–Crippen MR) is 77.5 cm³/mol. The van der Waals surface area contributed by atoms with Crippen LogP contribution in [0.25, 0.3) is 0 Å². The summed E-state index contributed by atoms with van der Waals surface area (Å²) in [6.45, 7) is 6.63. The maximum absolute atomic E-state index is 9.40. The molecule has 1 aliphatic rings. The van der Waals surface area contributed by atoms with Gasteiger partial charge in [-0.05, 0) is 32.5 Å². The number of benzene rings is 1. The summed E-state index contributed by atoms with van der Waals surface area (Å²) in [5, 5.41) is 12.6. The highest BCUT2D eigenvalue weighted by molar-refractivity contribution is 5.54. The standard InChI is InChI=1S/C15H24N2O2/c1-15(2)11-17(9-13(10-18)19-15)14-7-5-4-6-12(14)8-16-3/h4-7,13,16,18H,8-11H2,1-3H3. The fraction of sp³-hybridized carbons (Fsp3) is 0.600. The zero-order valence-electron chi connectivity index (χ0n) is 12.0. The lowest BCUT2D eigenvalue weighted by atomic mass is 10.0. The molecular formula is C15H24N2O2. The second-order valence-corrected chi connectivity index (χ2v) is 5.72. The first-order valence-electron chi connectivity index (χ1n) is 6.82. The summed E-state index contributed by atoms with van der Waals surface area (Å²) >= 11 is 0. The molecule has 1 atom stereocenters. The first-order chi connectivity index (χ1) is 9.05. The molecule has 106 valence electrons. The van der Waals surface area contributed by atoms with Crippen LogP contribution in [0.2, 0.25) is 0 Å². The molecular weight excluding hydrogens is 240 g/mol. The Labute approximate surface area is 115 Å². The molecule has 1 aromatic carbocycles. The Hall–Kier alpha value is -1.10. The van der Waals surface area contributed by atoms with Crippen LogP contribution in [0.1, 0.15) is 19.4 Å². The van der Waals surface area contributed by atoms with Crippen molar-refractivity contribution >= 4 is 5.69 Å². The molecule has 2 N–H and O–H groups in total. The van der Waals surface area contributed by atoms with E-state index >= 15 is 0 Å². The molecule has 2 rings (SSSR count). The molecule has 1 fully saturated rings. The summed E-state index contributed by atoms with van der Waals surface area (Å²) in [5.74, 6) is 0. The van der Waals surface area contributed by atoms with Gasteiger partial charge in [-0.2, -0.15) is 0 Å². The monoisotopic (exact) mass is 264 g/mol. The van der Waals surface area contributed by atoms with Crippen molar-refractivity contribution < 1.29 is 9.84 Å². The molecule has 0 spiro atoms. The average molecular weight is 264 g/mol. The van der Waals surface area contributed by atoms with Gasteiger partial charge in [0.2, 0.25) is 0 Å². The Morgan fingerprint density at radius 2 is 2.16 bits per heavy atom. The molecule has 0 aromatic heterocycles. The van der Waals surface area contributed by atoms with Crippen LogP contribution in [0.3, 0.4) is 0 Å². The maximum atomic E-state index is 9.40. The van der Waals surface area contributed by atoms with E-state index in [1.807, 2.05) is 7.05 Å². The number of morpholine rings is 1. The molecule has 0 saturated carbocycles. The number of nitrogens with one attached hydrogen (secondary N) is 1. The van der Waals surface area contributed by atoms with E-state index in [1.54, 1.807) is 0 Å². The van der Waals surface area contributed by atoms with E-state index in [1.165, 1.54) is 11.3 Å². The van der Waals surface area contributed by atoms with Gasteiger partial charge in [0.15, 0.2) is 0 Å². The number of rotatable bonds is 4. The van der Waals surface area contributed by atoms with Gasteiger partial charge in [-0.15, -0.1) is 0 Å². The Bertz CT molecular complexity index is 420. The zero-order chi connectivity index (χ0) is 13.9. The predicted octanol–water partition coefficient (Wildman–Crippen LogP) is 1.38. The molecule has 0 radical (unpaired) electrons. The lowest BCUT2D eigenvalue weighted by molar-refractivity contribution is -0.101. The second kappa shape index (κ2) is 5.90. The van der Waals surface area contributed by atoms with Gasteiger partial charge in [0.1, 0.15) is 0 Å². The Balaban J connectivity index is 2.25. The van der Waals surface area contributed by atoms with Gasteiger partial charge >= 0.3 is 0 Å². The molecule has 1 heterocycles. The van der Waals surface area contributed by atoms with Crippen molar-refractivity contribution in [3.8, 4) is 0 Å². The molecule has 1 aliphatic heterocycles. The van der Waals surface area contributed by atoms with E-state index < -0.39 is 0 Å². The van der Waals surface area contributed by atoms with Gasteiger partial charge in [0.25, 0.3) is 0 Å². The molecule has 0 amide bonds. The van der Waals surface area contributed by atoms with Gasteiger partial charge in [-0.1, -0.05) is 18.2 Å². The summed E-state index contributed by atoms with van der Waals surface area (Å²) in [4.78, 5) is 2.32. The van der Waals surface area contributed by atoms with E-state index in [0.717, 1.165) is 19.6 Å². The van der Waals surface area contributed by atoms with Gasteiger partial charge < -0.3 is 20.1 Å². The lowest BCUT2D eigenvalue weighted by Crippen LogP contribution is -2.54. The highest BCUT2D eigenvalue weighted by Gasteiger charge is 2.33. The Morgan fingerprint density at radius 3 is 2.84 bits per heavy atom. The number of hydrogen-bond acceptors (Lipinski definition) is 4. The van der Waals surface area contributed by atoms with E-state index in [4.69, 9.17) is 4.74 Å². The highest BCUT2D eigenvalue weighted by Crippen LogP contribution is 2.28. The van der Waals surface area contributed by atoms with E-state index in [-0.39, 0.29) is 18.3 Å². The molecule has 1 unspecified atom stereocenters. The summed E-state index contributed by atoms with van der Waals surface area (Å²) in [6, 6.07) is 8.40. The fourth-order valence-corrected chi connectivity index (χ4v) is 2.73. The quantitative estimate of drug-likeness (QED) is 0.862. The van der Waals surface area contributed by atoms with Crippen molar-refractivity contribution in [2.24, 2.45) is 0 Å². The van der Waals surface area contributed by atoms with E-state index in [0.29, 0.717) is 0 Å². The molecule has 19 heavy (non-hydrogen) atoms. The topological polar surface area (TPSA) is 44.7 Å². The molecule has 4 heteroatoms. The second-order valence-electron chi connectivity index (χ2n) is 5.72. The van der Waals surface area contributed by atoms with Crippen molar-refractivity contribution in [3.63, 3.8) is 0 Å². The lowest BCUT2D eigenvalue weighted by Gasteiger charge is -2.44. The maximum Gasteiger partial charge on any atom is 0.0988 e. The van der Waals surface area contributed by atoms with Gasteiger partial charge in [-0.3, -0.25) is 0 Å². The minimum atomic E-state index is -0.238. The number of aliphatic hydroxyl groups excluding tert-OH is 1. The van der Waals surface area contributed by atoms with Crippen LogP contribution in [-0.2, 0) is 11.3 Å². The van der Waals surface area contributed by atoms with Gasteiger partial charge in [0, 0.05) is 25.3 Å². The molecule has 1 aromatic rings. The Morgan fingerprint density at radius 1 is 1.42 bits per heavy atom. The summed E-state index contributed by atoms with van der Waals surface area (Å²) in [6.07, 6.45) is -0.119. The van der Waals surface area contributed by atoms with Crippen LogP contribution >= 0.6 is 0 Å². The van der Waals surface area contributed by atoms with Crippen LogP contribution in [0.5, 0.6) is 0 Å². The number of nitrogens with zero attached hydrogens (tertiary/aromatic N) is 1. The zero-order valence-corrected chi connectivity index (χ0v) is 12.0. The SMILES string of the molecule is CNCc1ccccc1N1CC(CO)OC(C)(C)C1. The number of para-hydroxylation sites is 1. The summed E-state index contributed by atoms with van der Waals surface area (Å²) < 4.78 is 5.87. The third kappa shape index (κ3) is 3.47. The van der Waals surface area contributed by atoms with Crippen LogP contribution in [0, 0.1) is 0 Å². The van der Waals surface area contributed by atoms with Crippen molar-refractivity contribution in [3.05, 3.63) is 29.8 Å². The normalized spacial score (nSPS) is 22.5. The molecule has 0 aliphatic carbocycles. The van der Waals surface area contributed by atoms with Crippen LogP contribution in [0.15, 0.2) is 24.3 Å². The molecule has 4 nitrogen and oxygen atoms in total. The first kappa shape index (κ1) is 14.3. The first-order valence-corrected chi connectivity index (χ1v) is 6.82. The van der Waals surface area contributed by atoms with Crippen LogP contribution in [0.4, 0.5) is 5.69 Å². The van der Waals surface area contributed by atoms with Crippen LogP contribution in [-0.4, -0.2) is 43.6 Å². The summed E-state index contributed by atoms with van der Waals surface area (Å²) in [5.41, 5.74) is 2.27. The number of anilines is 1. The van der Waals surface area contributed by atoms with E-state index in [9.17, 15) is 5.11 Å². The average Bonchev–Trinajstić information content (AvgIpc) is 2.38. The minimum Gasteiger partial charge on any atom is -0.394 e. The molecule has 0 bridgehead atoms.